The van der Waals surface area contributed by atoms with E-state index in [0.29, 0.717) is 37.6 Å². The highest BCUT2D eigenvalue weighted by atomic mass is 16.6. The van der Waals surface area contributed by atoms with Gasteiger partial charge < -0.3 is 18.9 Å². The highest BCUT2D eigenvalue weighted by molar-refractivity contribution is 5.91. The fraction of sp³-hybridized carbons (Fsp3) is 0.882. The van der Waals surface area contributed by atoms with Gasteiger partial charge in [-0.3, -0.25) is 0 Å². The lowest BCUT2D eigenvalue weighted by atomic mass is 10.0. The molecule has 2 heterocycles. The van der Waals surface area contributed by atoms with Gasteiger partial charge in [-0.15, -0.1) is 0 Å². The average molecular weight is 565 g/mol. The Morgan fingerprint density at radius 2 is 0.775 bits per heavy atom. The quantitative estimate of drug-likeness (QED) is 0.0409. The second-order valence-electron chi connectivity index (χ2n) is 11.9. The maximum absolute atomic E-state index is 11.8. The smallest absolute Gasteiger partial charge is 0.331 e. The summed E-state index contributed by atoms with van der Waals surface area (Å²) in [5, 5.41) is 0. The molecule has 0 saturated carbocycles. The Balaban J connectivity index is 1.31. The van der Waals surface area contributed by atoms with Gasteiger partial charge in [0.15, 0.2) is 0 Å². The predicted octanol–water partition coefficient (Wildman–Crippen LogP) is 8.79. The topological polar surface area (TPSA) is 77.7 Å². The third-order valence-electron chi connectivity index (χ3n) is 8.17. The number of epoxide rings is 2. The Labute approximate surface area is 245 Å². The van der Waals surface area contributed by atoms with E-state index < -0.39 is 11.9 Å². The first-order chi connectivity index (χ1) is 19.6. The molecule has 0 aromatic heterocycles. The van der Waals surface area contributed by atoms with Crippen LogP contribution in [0, 0.1) is 0 Å². The molecule has 2 saturated heterocycles. The molecule has 0 radical (unpaired) electrons. The molecule has 6 heteroatoms. The highest BCUT2D eigenvalue weighted by Crippen LogP contribution is 2.32. The number of unbranched alkanes of at least 4 members (excludes halogenated alkanes) is 14. The first-order valence-corrected chi connectivity index (χ1v) is 17.0. The van der Waals surface area contributed by atoms with Crippen molar-refractivity contribution in [1.82, 2.24) is 0 Å². The third kappa shape index (κ3) is 18.9. The number of hydrogen-bond acceptors (Lipinski definition) is 6. The second kappa shape index (κ2) is 23.2. The Kier molecular flexibility index (Phi) is 20.2. The monoisotopic (exact) mass is 564 g/mol. The lowest BCUT2D eigenvalue weighted by Crippen LogP contribution is -2.06. The zero-order valence-electron chi connectivity index (χ0n) is 25.9. The van der Waals surface area contributed by atoms with E-state index in [4.69, 9.17) is 18.9 Å². The van der Waals surface area contributed by atoms with Crippen LogP contribution in [-0.4, -0.2) is 49.6 Å². The first kappa shape index (κ1) is 34.8. The molecule has 0 aromatic carbocycles. The fourth-order valence-electron chi connectivity index (χ4n) is 5.45. The van der Waals surface area contributed by atoms with Crippen LogP contribution in [0.4, 0.5) is 0 Å². The first-order valence-electron chi connectivity index (χ1n) is 17.0. The van der Waals surface area contributed by atoms with E-state index in [1.165, 1.54) is 103 Å². The van der Waals surface area contributed by atoms with Crippen LogP contribution >= 0.6 is 0 Å². The predicted molar refractivity (Wildman–Crippen MR) is 161 cm³/mol. The van der Waals surface area contributed by atoms with Crippen molar-refractivity contribution in [2.45, 2.75) is 180 Å². The van der Waals surface area contributed by atoms with E-state index >= 15 is 0 Å². The highest BCUT2D eigenvalue weighted by Gasteiger charge is 2.37. The molecule has 2 aliphatic rings. The van der Waals surface area contributed by atoms with Crippen LogP contribution in [0.1, 0.15) is 155 Å². The Morgan fingerprint density at radius 3 is 1.12 bits per heavy atom. The molecule has 2 fully saturated rings. The van der Waals surface area contributed by atoms with Crippen LogP contribution in [0.2, 0.25) is 0 Å². The molecular weight excluding hydrogens is 504 g/mol. The molecule has 0 spiro atoms. The van der Waals surface area contributed by atoms with Crippen molar-refractivity contribution in [1.29, 1.82) is 0 Å². The molecule has 2 aliphatic heterocycles. The van der Waals surface area contributed by atoms with E-state index in [1.54, 1.807) is 0 Å². The Morgan fingerprint density at radius 1 is 0.475 bits per heavy atom. The van der Waals surface area contributed by atoms with E-state index in [1.807, 2.05) is 0 Å². The van der Waals surface area contributed by atoms with Crippen molar-refractivity contribution >= 4 is 11.9 Å². The summed E-state index contributed by atoms with van der Waals surface area (Å²) in [5.41, 5.74) is 0. The van der Waals surface area contributed by atoms with Crippen LogP contribution in [0.25, 0.3) is 0 Å². The van der Waals surface area contributed by atoms with Crippen molar-refractivity contribution < 1.29 is 28.5 Å². The van der Waals surface area contributed by atoms with Crippen LogP contribution in [-0.2, 0) is 28.5 Å². The molecule has 0 aromatic rings. The summed E-state index contributed by atoms with van der Waals surface area (Å²) in [4.78, 5) is 23.7. The zero-order chi connectivity index (χ0) is 28.7. The van der Waals surface area contributed by atoms with Gasteiger partial charge in [0.2, 0.25) is 0 Å². The molecule has 4 atom stereocenters. The van der Waals surface area contributed by atoms with Crippen LogP contribution < -0.4 is 0 Å². The van der Waals surface area contributed by atoms with Crippen LogP contribution in [0.5, 0.6) is 0 Å². The number of carbonyl (C=O) groups is 2. The number of esters is 2. The minimum atomic E-state index is -0.491. The standard InChI is InChI=1S/C34H60O6/c1-3-5-7-9-11-13-15-21-29-31(39-29)23-17-19-27-37-33(35)25-26-34(36)38-28-20-18-24-32-30(40-32)22-16-14-12-10-8-6-4-2/h25-26,29-32H,3-24,27-28H2,1-2H3/b26-25-. The summed E-state index contributed by atoms with van der Waals surface area (Å²) in [6.07, 6.45) is 30.8. The largest absolute Gasteiger partial charge is 0.463 e. The summed E-state index contributed by atoms with van der Waals surface area (Å²) < 4.78 is 21.9. The molecule has 4 unspecified atom stereocenters. The van der Waals surface area contributed by atoms with Crippen LogP contribution in [0.3, 0.4) is 0 Å². The van der Waals surface area contributed by atoms with E-state index in [9.17, 15) is 9.59 Å². The number of rotatable bonds is 28. The molecule has 2 rings (SSSR count). The summed E-state index contributed by atoms with van der Waals surface area (Å²) >= 11 is 0. The van der Waals surface area contributed by atoms with Gasteiger partial charge in [0.1, 0.15) is 0 Å². The van der Waals surface area contributed by atoms with Gasteiger partial charge in [0.05, 0.1) is 37.6 Å². The molecule has 232 valence electrons. The molecular formula is C34H60O6. The van der Waals surface area contributed by atoms with Crippen molar-refractivity contribution in [2.24, 2.45) is 0 Å². The van der Waals surface area contributed by atoms with Crippen LogP contribution in [0.15, 0.2) is 12.2 Å². The van der Waals surface area contributed by atoms with E-state index in [2.05, 4.69) is 13.8 Å². The Hall–Kier alpha value is -1.40. The lowest BCUT2D eigenvalue weighted by Gasteiger charge is -2.03. The number of hydrogen-bond donors (Lipinski definition) is 0. The summed E-state index contributed by atoms with van der Waals surface area (Å²) in [5.74, 6) is -0.983. The molecule has 0 aliphatic carbocycles. The van der Waals surface area contributed by atoms with Gasteiger partial charge in [-0.1, -0.05) is 104 Å². The minimum Gasteiger partial charge on any atom is -0.463 e. The summed E-state index contributed by atoms with van der Waals surface area (Å²) in [6.45, 7) is 5.25. The lowest BCUT2D eigenvalue weighted by molar-refractivity contribution is -0.140. The van der Waals surface area contributed by atoms with Gasteiger partial charge in [0, 0.05) is 12.2 Å². The van der Waals surface area contributed by atoms with Gasteiger partial charge >= 0.3 is 11.9 Å². The van der Waals surface area contributed by atoms with E-state index in [-0.39, 0.29) is 0 Å². The van der Waals surface area contributed by atoms with Gasteiger partial charge in [-0.25, -0.2) is 9.59 Å². The average Bonchev–Trinajstić information content (AvgIpc) is 3.88. The zero-order valence-corrected chi connectivity index (χ0v) is 25.9. The number of ether oxygens (including phenoxy) is 4. The molecule has 0 N–H and O–H groups in total. The van der Waals surface area contributed by atoms with Crippen molar-refractivity contribution in [3.63, 3.8) is 0 Å². The summed E-state index contributed by atoms with van der Waals surface area (Å²) in [6, 6.07) is 0. The van der Waals surface area contributed by atoms with Gasteiger partial charge in [-0.2, -0.15) is 0 Å². The minimum absolute atomic E-state index is 0.372. The summed E-state index contributed by atoms with van der Waals surface area (Å²) in [7, 11) is 0. The maximum Gasteiger partial charge on any atom is 0.331 e. The number of carbonyl (C=O) groups excluding carboxylic acids is 2. The third-order valence-corrected chi connectivity index (χ3v) is 8.17. The fourth-order valence-corrected chi connectivity index (χ4v) is 5.45. The maximum atomic E-state index is 11.8. The van der Waals surface area contributed by atoms with Crippen molar-refractivity contribution in [2.75, 3.05) is 13.2 Å². The Bertz CT molecular complexity index is 621. The van der Waals surface area contributed by atoms with Gasteiger partial charge in [-0.05, 0) is 51.4 Å². The molecule has 40 heavy (non-hydrogen) atoms. The van der Waals surface area contributed by atoms with Gasteiger partial charge in [0.25, 0.3) is 0 Å². The second-order valence-corrected chi connectivity index (χ2v) is 11.9. The van der Waals surface area contributed by atoms with E-state index in [0.717, 1.165) is 50.7 Å². The normalized spacial score (nSPS) is 21.6. The SMILES string of the molecule is CCCCCCCCCC1OC1CCCCOC(=O)/C=C\C(=O)OCCCCC1OC1CCCCCCCCC. The van der Waals surface area contributed by atoms with Crippen molar-refractivity contribution in [3.8, 4) is 0 Å². The molecule has 6 nitrogen and oxygen atoms in total. The molecule has 0 bridgehead atoms. The molecule has 0 amide bonds. The van der Waals surface area contributed by atoms with Crippen molar-refractivity contribution in [3.05, 3.63) is 12.2 Å².